The third-order valence-electron chi connectivity index (χ3n) is 2.57. The van der Waals surface area contributed by atoms with Crippen molar-refractivity contribution < 1.29 is 0 Å². The minimum atomic E-state index is -0.000289. The molecule has 1 heterocycles. The molecule has 0 bridgehead atoms. The van der Waals surface area contributed by atoms with Crippen LogP contribution >= 0.6 is 0 Å². The van der Waals surface area contributed by atoms with Crippen molar-refractivity contribution in [3.8, 4) is 0 Å². The van der Waals surface area contributed by atoms with Crippen LogP contribution in [-0.2, 0) is 11.8 Å². The minimum Gasteiger partial charge on any atom is -0.382 e. The Morgan fingerprint density at radius 3 is 2.59 bits per heavy atom. The van der Waals surface area contributed by atoms with Crippen molar-refractivity contribution >= 4 is 5.69 Å². The first kappa shape index (κ1) is 13.9. The smallest absolute Gasteiger partial charge is 0.134 e. The zero-order chi connectivity index (χ0) is 12.9. The molecule has 4 heteroatoms. The van der Waals surface area contributed by atoms with E-state index in [9.17, 15) is 0 Å². The monoisotopic (exact) mass is 236 g/mol. The first-order valence-corrected chi connectivity index (χ1v) is 6.29. The lowest BCUT2D eigenvalue weighted by Crippen LogP contribution is -2.18. The summed E-state index contributed by atoms with van der Waals surface area (Å²) in [7, 11) is 0. The van der Waals surface area contributed by atoms with E-state index in [4.69, 9.17) is 5.73 Å². The molecule has 0 fully saturated rings. The largest absolute Gasteiger partial charge is 0.382 e. The fraction of sp³-hybridized carbons (Fsp3) is 0.692. The third kappa shape index (κ3) is 3.97. The molecule has 0 amide bonds. The molecule has 1 rings (SSSR count). The molecule has 17 heavy (non-hydrogen) atoms. The average Bonchev–Trinajstić information content (AvgIpc) is 2.28. The number of aryl methyl sites for hydroxylation is 1. The van der Waals surface area contributed by atoms with Crippen molar-refractivity contribution in [1.82, 2.24) is 9.97 Å². The second kappa shape index (κ2) is 5.96. The van der Waals surface area contributed by atoms with Crippen LogP contribution in [0.1, 0.15) is 45.6 Å². The normalized spacial score (nSPS) is 11.6. The number of nitrogens with two attached hydrogens (primary N) is 1. The van der Waals surface area contributed by atoms with E-state index in [0.29, 0.717) is 6.54 Å². The zero-order valence-corrected chi connectivity index (χ0v) is 11.4. The molecule has 3 N–H and O–H groups in total. The highest BCUT2D eigenvalue weighted by molar-refractivity contribution is 5.46. The molecule has 0 aliphatic carbocycles. The zero-order valence-electron chi connectivity index (χ0n) is 11.4. The summed E-state index contributed by atoms with van der Waals surface area (Å²) in [4.78, 5) is 9.07. The number of hydrogen-bond acceptors (Lipinski definition) is 4. The van der Waals surface area contributed by atoms with Gasteiger partial charge in [0.25, 0.3) is 0 Å². The van der Waals surface area contributed by atoms with Crippen molar-refractivity contribution in [2.75, 3.05) is 18.4 Å². The highest BCUT2D eigenvalue weighted by atomic mass is 15.0. The Bertz CT molecular complexity index is 355. The van der Waals surface area contributed by atoms with E-state index in [0.717, 1.165) is 36.6 Å². The maximum absolute atomic E-state index is 5.47. The Balaban J connectivity index is 2.86. The van der Waals surface area contributed by atoms with Crippen LogP contribution in [-0.4, -0.2) is 23.1 Å². The highest BCUT2D eigenvalue weighted by Gasteiger charge is 2.18. The molecule has 0 saturated carbocycles. The van der Waals surface area contributed by atoms with E-state index in [1.165, 1.54) is 0 Å². The van der Waals surface area contributed by atoms with Gasteiger partial charge in [0.15, 0.2) is 0 Å². The molecule has 0 aromatic carbocycles. The van der Waals surface area contributed by atoms with Crippen molar-refractivity contribution in [1.29, 1.82) is 0 Å². The van der Waals surface area contributed by atoms with Gasteiger partial charge < -0.3 is 11.1 Å². The van der Waals surface area contributed by atoms with Crippen LogP contribution in [0, 0.1) is 0 Å². The van der Waals surface area contributed by atoms with Crippen LogP contribution < -0.4 is 11.1 Å². The average molecular weight is 236 g/mol. The van der Waals surface area contributed by atoms with Crippen LogP contribution in [0.5, 0.6) is 0 Å². The van der Waals surface area contributed by atoms with Gasteiger partial charge in [-0.2, -0.15) is 0 Å². The van der Waals surface area contributed by atoms with Gasteiger partial charge >= 0.3 is 0 Å². The van der Waals surface area contributed by atoms with E-state index in [-0.39, 0.29) is 5.41 Å². The number of rotatable bonds is 5. The molecule has 0 atom stereocenters. The minimum absolute atomic E-state index is 0.000289. The summed E-state index contributed by atoms with van der Waals surface area (Å²) in [5.74, 6) is 0.902. The molecule has 0 saturated heterocycles. The first-order valence-electron chi connectivity index (χ1n) is 6.29. The van der Waals surface area contributed by atoms with Gasteiger partial charge in [-0.15, -0.1) is 0 Å². The molecule has 0 radical (unpaired) electrons. The van der Waals surface area contributed by atoms with Crippen LogP contribution in [0.15, 0.2) is 6.20 Å². The van der Waals surface area contributed by atoms with Crippen LogP contribution in [0.25, 0.3) is 0 Å². The Labute approximate surface area is 104 Å². The molecule has 1 aromatic heterocycles. The number of anilines is 1. The summed E-state index contributed by atoms with van der Waals surface area (Å²) >= 11 is 0. The van der Waals surface area contributed by atoms with Gasteiger partial charge in [-0.1, -0.05) is 27.7 Å². The molecule has 96 valence electrons. The predicted molar refractivity (Wildman–Crippen MR) is 72.3 cm³/mol. The number of nitrogens with one attached hydrogen (secondary N) is 1. The van der Waals surface area contributed by atoms with Crippen molar-refractivity contribution in [2.45, 2.75) is 46.0 Å². The quantitative estimate of drug-likeness (QED) is 0.768. The summed E-state index contributed by atoms with van der Waals surface area (Å²) in [5, 5.41) is 3.34. The summed E-state index contributed by atoms with van der Waals surface area (Å²) in [6, 6.07) is 0. The predicted octanol–water partition coefficient (Wildman–Crippen LogP) is 2.10. The van der Waals surface area contributed by atoms with Gasteiger partial charge in [0.1, 0.15) is 5.82 Å². The summed E-state index contributed by atoms with van der Waals surface area (Å²) in [5.41, 5.74) is 7.59. The van der Waals surface area contributed by atoms with Crippen molar-refractivity contribution in [3.63, 3.8) is 0 Å². The molecular weight excluding hydrogens is 212 g/mol. The molecule has 0 unspecified atom stereocenters. The topological polar surface area (TPSA) is 63.8 Å². The van der Waals surface area contributed by atoms with Gasteiger partial charge in [-0.25, -0.2) is 9.97 Å². The van der Waals surface area contributed by atoms with E-state index in [1.54, 1.807) is 0 Å². The van der Waals surface area contributed by atoms with E-state index in [2.05, 4.69) is 43.0 Å². The first-order chi connectivity index (χ1) is 7.99. The molecule has 0 spiro atoms. The number of hydrogen-bond donors (Lipinski definition) is 2. The van der Waals surface area contributed by atoms with Crippen LogP contribution in [0.3, 0.4) is 0 Å². The van der Waals surface area contributed by atoms with Crippen molar-refractivity contribution in [2.24, 2.45) is 5.73 Å². The summed E-state index contributed by atoms with van der Waals surface area (Å²) in [6.07, 6.45) is 3.77. The second-order valence-electron chi connectivity index (χ2n) is 5.23. The molecule has 4 nitrogen and oxygen atoms in total. The standard InChI is InChI=1S/C13H24N4/c1-5-10-11(15-8-6-7-14)9-16-12(17-10)13(2,3)4/h9,15H,5-8,14H2,1-4H3. The Hall–Kier alpha value is -1.16. The summed E-state index contributed by atoms with van der Waals surface area (Å²) < 4.78 is 0. The fourth-order valence-corrected chi connectivity index (χ4v) is 1.52. The Kier molecular flexibility index (Phi) is 4.87. The Morgan fingerprint density at radius 2 is 2.06 bits per heavy atom. The van der Waals surface area contributed by atoms with E-state index in [1.807, 2.05) is 6.20 Å². The molecular formula is C13H24N4. The van der Waals surface area contributed by atoms with Crippen molar-refractivity contribution in [3.05, 3.63) is 17.7 Å². The van der Waals surface area contributed by atoms with Gasteiger partial charge in [0, 0.05) is 12.0 Å². The summed E-state index contributed by atoms with van der Waals surface area (Å²) in [6.45, 7) is 10.1. The van der Waals surface area contributed by atoms with Gasteiger partial charge in [-0.3, -0.25) is 0 Å². The lowest BCUT2D eigenvalue weighted by Gasteiger charge is -2.18. The van der Waals surface area contributed by atoms with Crippen LogP contribution in [0.2, 0.25) is 0 Å². The van der Waals surface area contributed by atoms with Gasteiger partial charge in [0.05, 0.1) is 17.6 Å². The highest BCUT2D eigenvalue weighted by Crippen LogP contribution is 2.21. The third-order valence-corrected chi connectivity index (χ3v) is 2.57. The molecule has 0 aliphatic rings. The maximum Gasteiger partial charge on any atom is 0.134 e. The fourth-order valence-electron chi connectivity index (χ4n) is 1.52. The van der Waals surface area contributed by atoms with E-state index >= 15 is 0 Å². The lowest BCUT2D eigenvalue weighted by atomic mass is 9.95. The van der Waals surface area contributed by atoms with E-state index < -0.39 is 0 Å². The Morgan fingerprint density at radius 1 is 1.35 bits per heavy atom. The molecule has 1 aromatic rings. The number of aromatic nitrogens is 2. The lowest BCUT2D eigenvalue weighted by molar-refractivity contribution is 0.542. The van der Waals surface area contributed by atoms with Crippen LogP contribution in [0.4, 0.5) is 5.69 Å². The number of nitrogens with zero attached hydrogens (tertiary/aromatic N) is 2. The molecule has 0 aliphatic heterocycles. The van der Waals surface area contributed by atoms with Gasteiger partial charge in [-0.05, 0) is 19.4 Å². The maximum atomic E-state index is 5.47. The SMILES string of the molecule is CCc1nc(C(C)(C)C)ncc1NCCCN. The second-order valence-corrected chi connectivity index (χ2v) is 5.23. The van der Waals surface area contributed by atoms with Gasteiger partial charge in [0.2, 0.25) is 0 Å².